The molecule has 0 aliphatic heterocycles. The lowest BCUT2D eigenvalue weighted by Crippen LogP contribution is -2.02. The van der Waals surface area contributed by atoms with Crippen molar-refractivity contribution in [3.05, 3.63) is 76.7 Å². The Morgan fingerprint density at radius 3 is 2.25 bits per heavy atom. The van der Waals surface area contributed by atoms with Gasteiger partial charge in [-0.25, -0.2) is 8.42 Å². The third-order valence-electron chi connectivity index (χ3n) is 4.49. The molecule has 166 valence electrons. The van der Waals surface area contributed by atoms with Crippen molar-refractivity contribution in [2.24, 2.45) is 0 Å². The second kappa shape index (κ2) is 8.38. The van der Waals surface area contributed by atoms with E-state index in [-0.39, 0.29) is 36.9 Å². The lowest BCUT2D eigenvalue weighted by molar-refractivity contribution is 0.479. The van der Waals surface area contributed by atoms with E-state index in [1.54, 1.807) is 12.1 Å². The van der Waals surface area contributed by atoms with E-state index in [1.165, 1.54) is 48.9 Å². The van der Waals surface area contributed by atoms with Crippen LogP contribution in [0.25, 0.3) is 10.9 Å². The zero-order chi connectivity index (χ0) is 23.1. The van der Waals surface area contributed by atoms with Crippen LogP contribution < -0.4 is 4.74 Å². The lowest BCUT2D eigenvalue weighted by atomic mass is 10.2. The zero-order valence-corrected chi connectivity index (χ0v) is 19.1. The summed E-state index contributed by atoms with van der Waals surface area (Å²) < 4.78 is 63.1. The Bertz CT molecular complexity index is 1510. The highest BCUT2D eigenvalue weighted by atomic mass is 35.5. The van der Waals surface area contributed by atoms with Crippen molar-refractivity contribution in [3.8, 4) is 11.5 Å². The number of H-pyrrole nitrogens is 1. The lowest BCUT2D eigenvalue weighted by Gasteiger charge is -2.12. The summed E-state index contributed by atoms with van der Waals surface area (Å²) in [6.45, 7) is 0. The van der Waals surface area contributed by atoms with Crippen LogP contribution >= 0.6 is 23.2 Å². The molecule has 0 unspecified atom stereocenters. The first-order chi connectivity index (χ1) is 15.0. The molecule has 0 radical (unpaired) electrons. The topological polar surface area (TPSA) is 126 Å². The minimum Gasteiger partial charge on any atom is -0.454 e. The number of halogens is 2. The monoisotopic (exact) mass is 512 g/mol. The summed E-state index contributed by atoms with van der Waals surface area (Å²) in [5.74, 6) is -0.339. The number of pyridine rings is 1. The second-order valence-corrected chi connectivity index (χ2v) is 10.9. The first-order valence-corrected chi connectivity index (χ1v) is 12.8. The molecular formula is C20H14Cl2N2O6S2. The van der Waals surface area contributed by atoms with E-state index < -0.39 is 25.7 Å². The van der Waals surface area contributed by atoms with E-state index in [1.807, 2.05) is 0 Å². The van der Waals surface area contributed by atoms with Crippen molar-refractivity contribution < 1.29 is 26.1 Å². The molecule has 0 saturated carbocycles. The Morgan fingerprint density at radius 2 is 1.62 bits per heavy atom. The fourth-order valence-electron chi connectivity index (χ4n) is 3.13. The van der Waals surface area contributed by atoms with Crippen LogP contribution in [0.2, 0.25) is 10.0 Å². The number of fused-ring (bicyclic) bond motifs is 1. The normalized spacial score (nSPS) is 12.2. The van der Waals surface area contributed by atoms with Gasteiger partial charge in [-0.1, -0.05) is 23.2 Å². The number of aromatic amines is 1. The summed E-state index contributed by atoms with van der Waals surface area (Å²) in [5, 5.41) is 0.444. The highest BCUT2D eigenvalue weighted by molar-refractivity contribution is 7.91. The third-order valence-corrected chi connectivity index (χ3v) is 7.56. The Kier molecular flexibility index (Phi) is 5.91. The van der Waals surface area contributed by atoms with Gasteiger partial charge < -0.3 is 9.72 Å². The van der Waals surface area contributed by atoms with E-state index in [2.05, 4.69) is 9.97 Å². The molecule has 0 bridgehead atoms. The average Bonchev–Trinajstić information content (AvgIpc) is 3.14. The average molecular weight is 513 g/mol. The van der Waals surface area contributed by atoms with Gasteiger partial charge in [0.1, 0.15) is 11.5 Å². The Labute approximate surface area is 193 Å². The van der Waals surface area contributed by atoms with E-state index in [0.29, 0.717) is 10.9 Å². The maximum atomic E-state index is 13.0. The van der Waals surface area contributed by atoms with Crippen LogP contribution in [-0.4, -0.2) is 31.4 Å². The summed E-state index contributed by atoms with van der Waals surface area (Å²) in [5.41, 5.74) is 0.757. The van der Waals surface area contributed by atoms with E-state index in [0.717, 1.165) is 0 Å². The van der Waals surface area contributed by atoms with Crippen LogP contribution in [0, 0.1) is 0 Å². The maximum Gasteiger partial charge on any atom is 0.269 e. The number of nitrogens with one attached hydrogen (secondary N) is 1. The number of rotatable bonds is 6. The molecule has 0 aliphatic rings. The van der Waals surface area contributed by atoms with Crippen LogP contribution in [0.1, 0.15) is 5.56 Å². The molecule has 4 aromatic rings. The molecule has 0 saturated heterocycles. The van der Waals surface area contributed by atoms with Crippen molar-refractivity contribution in [1.29, 1.82) is 0 Å². The van der Waals surface area contributed by atoms with Gasteiger partial charge in [-0.2, -0.15) is 8.42 Å². The molecule has 0 aliphatic carbocycles. The summed E-state index contributed by atoms with van der Waals surface area (Å²) in [7, 11) is -8.08. The van der Waals surface area contributed by atoms with Gasteiger partial charge in [0.15, 0.2) is 5.75 Å². The van der Waals surface area contributed by atoms with E-state index in [4.69, 9.17) is 32.5 Å². The quantitative estimate of drug-likeness (QED) is 0.352. The Balaban J connectivity index is 1.72. The molecule has 32 heavy (non-hydrogen) atoms. The van der Waals surface area contributed by atoms with Gasteiger partial charge in [-0.05, 0) is 48.0 Å². The number of ether oxygens (including phenoxy) is 1. The van der Waals surface area contributed by atoms with E-state index in [9.17, 15) is 16.8 Å². The van der Waals surface area contributed by atoms with Crippen LogP contribution in [0.15, 0.2) is 70.8 Å². The minimum absolute atomic E-state index is 0.0231. The highest BCUT2D eigenvalue weighted by Gasteiger charge is 2.22. The fourth-order valence-corrected chi connectivity index (χ4v) is 5.73. The maximum absolute atomic E-state index is 13.0. The van der Waals surface area contributed by atoms with Gasteiger partial charge in [-0.3, -0.25) is 9.54 Å². The third kappa shape index (κ3) is 4.59. The van der Waals surface area contributed by atoms with Crippen LogP contribution in [0.5, 0.6) is 11.5 Å². The van der Waals surface area contributed by atoms with Gasteiger partial charge >= 0.3 is 0 Å². The molecule has 8 nitrogen and oxygen atoms in total. The van der Waals surface area contributed by atoms with Crippen molar-refractivity contribution in [2.75, 3.05) is 0 Å². The van der Waals surface area contributed by atoms with Crippen molar-refractivity contribution in [1.82, 2.24) is 9.97 Å². The van der Waals surface area contributed by atoms with E-state index >= 15 is 0 Å². The largest absolute Gasteiger partial charge is 0.454 e. The molecular weight excluding hydrogens is 499 g/mol. The predicted octanol–water partition coefficient (Wildman–Crippen LogP) is 4.88. The van der Waals surface area contributed by atoms with Gasteiger partial charge in [0.25, 0.3) is 10.1 Å². The smallest absolute Gasteiger partial charge is 0.269 e. The standard InChI is InChI=1S/C20H14Cl2N2O6S2/c21-16-7-12(11-31(25,26)27)8-17(22)20(16)30-13-1-2-18-15(9-13)19(10-24-18)32(28,29)14-3-5-23-6-4-14/h1-10,24H,11H2,(H,25,26,27). The second-order valence-electron chi connectivity index (χ2n) is 6.76. The number of hydrogen-bond donors (Lipinski definition) is 2. The highest BCUT2D eigenvalue weighted by Crippen LogP contribution is 2.39. The number of sulfone groups is 1. The summed E-state index contributed by atoms with van der Waals surface area (Å²) in [6.07, 6.45) is 4.19. The summed E-state index contributed by atoms with van der Waals surface area (Å²) in [6, 6.07) is 10.2. The Hall–Kier alpha value is -2.63. The molecule has 0 atom stereocenters. The molecule has 4 rings (SSSR count). The van der Waals surface area contributed by atoms with Crippen molar-refractivity contribution in [3.63, 3.8) is 0 Å². The number of nitrogens with zero attached hydrogens (tertiary/aromatic N) is 1. The molecule has 2 heterocycles. The first kappa shape index (κ1) is 22.6. The number of aromatic nitrogens is 2. The van der Waals surface area contributed by atoms with Crippen LogP contribution in [0.4, 0.5) is 0 Å². The predicted molar refractivity (Wildman–Crippen MR) is 120 cm³/mol. The van der Waals surface area contributed by atoms with Crippen molar-refractivity contribution >= 4 is 54.1 Å². The first-order valence-electron chi connectivity index (χ1n) is 8.92. The van der Waals surface area contributed by atoms with Crippen molar-refractivity contribution in [2.45, 2.75) is 15.5 Å². The molecule has 0 spiro atoms. The summed E-state index contributed by atoms with van der Waals surface area (Å²) >= 11 is 12.4. The minimum atomic E-state index is -4.26. The Morgan fingerprint density at radius 1 is 0.969 bits per heavy atom. The van der Waals surface area contributed by atoms with Crippen LogP contribution in [-0.2, 0) is 25.7 Å². The molecule has 12 heteroatoms. The van der Waals surface area contributed by atoms with Gasteiger partial charge in [0.05, 0.1) is 19.8 Å². The van der Waals surface area contributed by atoms with Gasteiger partial charge in [-0.15, -0.1) is 0 Å². The number of hydrogen-bond acceptors (Lipinski definition) is 6. The van der Waals surface area contributed by atoms with Crippen LogP contribution in [0.3, 0.4) is 0 Å². The molecule has 2 N–H and O–H groups in total. The molecule has 0 amide bonds. The summed E-state index contributed by atoms with van der Waals surface area (Å²) in [4.78, 5) is 6.92. The van der Waals surface area contributed by atoms with Gasteiger partial charge in [0.2, 0.25) is 9.84 Å². The van der Waals surface area contributed by atoms with Gasteiger partial charge in [0, 0.05) is 29.5 Å². The fraction of sp³-hybridized carbons (Fsp3) is 0.0500. The SMILES string of the molecule is O=S(=O)(O)Cc1cc(Cl)c(Oc2ccc3[nH]cc(S(=O)(=O)c4ccncc4)c3c2)c(Cl)c1. The molecule has 0 fully saturated rings. The zero-order valence-electron chi connectivity index (χ0n) is 16.0. The molecule has 2 aromatic heterocycles. The molecule has 2 aromatic carbocycles. The number of benzene rings is 2.